The third kappa shape index (κ3) is 0.983. The summed E-state index contributed by atoms with van der Waals surface area (Å²) in [5, 5.41) is 0. The smallest absolute Gasteiger partial charge is 0.0581 e. The second kappa shape index (κ2) is 1.98. The number of hydrogen-bond acceptors (Lipinski definition) is 1. The van der Waals surface area contributed by atoms with Gasteiger partial charge in [0.25, 0.3) is 0 Å². The average molecular weight is 126 g/mol. The molecule has 0 aromatic rings. The summed E-state index contributed by atoms with van der Waals surface area (Å²) >= 11 is 0. The van der Waals surface area contributed by atoms with Gasteiger partial charge in [-0.05, 0) is 31.1 Å². The Morgan fingerprint density at radius 3 is 2.89 bits per heavy atom. The lowest BCUT2D eigenvalue weighted by atomic mass is 9.83. The van der Waals surface area contributed by atoms with Crippen LogP contribution in [0.25, 0.3) is 0 Å². The van der Waals surface area contributed by atoms with Gasteiger partial charge in [-0.1, -0.05) is 6.92 Å². The van der Waals surface area contributed by atoms with E-state index in [4.69, 9.17) is 4.74 Å². The predicted octanol–water partition coefficient (Wildman–Crippen LogP) is 1.82. The predicted molar refractivity (Wildman–Crippen MR) is 36.2 cm³/mol. The van der Waals surface area contributed by atoms with E-state index >= 15 is 0 Å². The summed E-state index contributed by atoms with van der Waals surface area (Å²) in [6.45, 7) is 3.39. The third-order valence-corrected chi connectivity index (χ3v) is 2.56. The second-order valence-corrected chi connectivity index (χ2v) is 3.63. The molecule has 1 heterocycles. The SMILES string of the molecule is CC1CC2COC(C1)C2. The molecule has 3 unspecified atom stereocenters. The van der Waals surface area contributed by atoms with E-state index in [-0.39, 0.29) is 0 Å². The van der Waals surface area contributed by atoms with Crippen LogP contribution in [0.4, 0.5) is 0 Å². The Kier molecular flexibility index (Phi) is 1.26. The summed E-state index contributed by atoms with van der Waals surface area (Å²) in [6, 6.07) is 0. The standard InChI is InChI=1S/C8H14O/c1-6-2-7-4-8(3-6)9-5-7/h6-8H,2-5H2,1H3. The van der Waals surface area contributed by atoms with Crippen LogP contribution in [0.5, 0.6) is 0 Å². The van der Waals surface area contributed by atoms with Gasteiger partial charge in [-0.2, -0.15) is 0 Å². The van der Waals surface area contributed by atoms with Crippen molar-refractivity contribution in [3.63, 3.8) is 0 Å². The summed E-state index contributed by atoms with van der Waals surface area (Å²) in [5.41, 5.74) is 0. The molecule has 52 valence electrons. The minimum absolute atomic E-state index is 0.638. The Morgan fingerprint density at radius 2 is 2.11 bits per heavy atom. The highest BCUT2D eigenvalue weighted by atomic mass is 16.5. The number of fused-ring (bicyclic) bond motifs is 2. The van der Waals surface area contributed by atoms with Crippen LogP contribution < -0.4 is 0 Å². The van der Waals surface area contributed by atoms with Crippen LogP contribution in [-0.4, -0.2) is 12.7 Å². The van der Waals surface area contributed by atoms with Crippen molar-refractivity contribution >= 4 is 0 Å². The maximum atomic E-state index is 5.55. The molecule has 1 saturated heterocycles. The van der Waals surface area contributed by atoms with E-state index in [0.29, 0.717) is 6.10 Å². The molecule has 0 aromatic carbocycles. The van der Waals surface area contributed by atoms with E-state index in [1.807, 2.05) is 0 Å². The van der Waals surface area contributed by atoms with E-state index in [1.54, 1.807) is 0 Å². The first-order chi connectivity index (χ1) is 4.34. The molecule has 0 spiro atoms. The Bertz CT molecular complexity index is 99.1. The lowest BCUT2D eigenvalue weighted by molar-refractivity contribution is 0.0992. The highest BCUT2D eigenvalue weighted by molar-refractivity contribution is 4.82. The van der Waals surface area contributed by atoms with Crippen molar-refractivity contribution in [1.29, 1.82) is 0 Å². The van der Waals surface area contributed by atoms with Crippen LogP contribution >= 0.6 is 0 Å². The minimum atomic E-state index is 0.638. The van der Waals surface area contributed by atoms with E-state index < -0.39 is 0 Å². The molecule has 1 heteroatoms. The molecule has 2 bridgehead atoms. The van der Waals surface area contributed by atoms with Crippen LogP contribution in [0.1, 0.15) is 26.2 Å². The van der Waals surface area contributed by atoms with Crippen molar-refractivity contribution in [3.8, 4) is 0 Å². The molecule has 0 aromatic heterocycles. The Labute approximate surface area is 56.4 Å². The van der Waals surface area contributed by atoms with E-state index in [2.05, 4.69) is 6.92 Å². The maximum Gasteiger partial charge on any atom is 0.0581 e. The molecule has 1 nitrogen and oxygen atoms in total. The van der Waals surface area contributed by atoms with Gasteiger partial charge < -0.3 is 4.74 Å². The summed E-state index contributed by atoms with van der Waals surface area (Å²) in [5.74, 6) is 1.84. The number of ether oxygens (including phenoxy) is 1. The molecule has 2 rings (SSSR count). The summed E-state index contributed by atoms with van der Waals surface area (Å²) < 4.78 is 5.55. The van der Waals surface area contributed by atoms with Crippen molar-refractivity contribution in [1.82, 2.24) is 0 Å². The van der Waals surface area contributed by atoms with E-state index in [1.165, 1.54) is 19.3 Å². The zero-order valence-electron chi connectivity index (χ0n) is 5.97. The van der Waals surface area contributed by atoms with Gasteiger partial charge in [-0.3, -0.25) is 0 Å². The zero-order chi connectivity index (χ0) is 6.27. The molecule has 1 saturated carbocycles. The average Bonchev–Trinajstić information content (AvgIpc) is 2.11. The summed E-state index contributed by atoms with van der Waals surface area (Å²) in [6.07, 6.45) is 4.72. The third-order valence-electron chi connectivity index (χ3n) is 2.56. The van der Waals surface area contributed by atoms with Gasteiger partial charge in [-0.25, -0.2) is 0 Å². The van der Waals surface area contributed by atoms with Crippen LogP contribution in [0.3, 0.4) is 0 Å². The van der Waals surface area contributed by atoms with Crippen LogP contribution in [0, 0.1) is 11.8 Å². The topological polar surface area (TPSA) is 9.23 Å². The van der Waals surface area contributed by atoms with Gasteiger partial charge in [0.15, 0.2) is 0 Å². The fourth-order valence-corrected chi connectivity index (χ4v) is 2.22. The van der Waals surface area contributed by atoms with Gasteiger partial charge in [0.05, 0.1) is 6.10 Å². The fourth-order valence-electron chi connectivity index (χ4n) is 2.22. The largest absolute Gasteiger partial charge is 0.378 e. The molecule has 0 N–H and O–H groups in total. The fraction of sp³-hybridized carbons (Fsp3) is 1.00. The molecule has 1 aliphatic carbocycles. The van der Waals surface area contributed by atoms with Crippen molar-refractivity contribution in [3.05, 3.63) is 0 Å². The summed E-state index contributed by atoms with van der Waals surface area (Å²) in [4.78, 5) is 0. The van der Waals surface area contributed by atoms with Crippen molar-refractivity contribution in [2.45, 2.75) is 32.3 Å². The Hall–Kier alpha value is -0.0400. The molecule has 1 aliphatic heterocycles. The first-order valence-electron chi connectivity index (χ1n) is 3.96. The minimum Gasteiger partial charge on any atom is -0.378 e. The van der Waals surface area contributed by atoms with Crippen LogP contribution in [0.2, 0.25) is 0 Å². The monoisotopic (exact) mass is 126 g/mol. The van der Waals surface area contributed by atoms with Gasteiger partial charge in [0.2, 0.25) is 0 Å². The van der Waals surface area contributed by atoms with Gasteiger partial charge in [0.1, 0.15) is 0 Å². The van der Waals surface area contributed by atoms with Crippen LogP contribution in [0.15, 0.2) is 0 Å². The van der Waals surface area contributed by atoms with Crippen molar-refractivity contribution in [2.24, 2.45) is 11.8 Å². The molecular formula is C8H14O. The molecule has 0 radical (unpaired) electrons. The van der Waals surface area contributed by atoms with E-state index in [9.17, 15) is 0 Å². The lowest BCUT2D eigenvalue weighted by Gasteiger charge is -2.21. The zero-order valence-corrected chi connectivity index (χ0v) is 5.97. The second-order valence-electron chi connectivity index (χ2n) is 3.63. The lowest BCUT2D eigenvalue weighted by Crippen LogP contribution is -2.17. The molecule has 2 aliphatic rings. The normalized spacial score (nSPS) is 49.7. The highest BCUT2D eigenvalue weighted by Gasteiger charge is 2.32. The van der Waals surface area contributed by atoms with Crippen molar-refractivity contribution in [2.75, 3.05) is 6.61 Å². The van der Waals surface area contributed by atoms with Gasteiger partial charge in [0, 0.05) is 6.61 Å². The van der Waals surface area contributed by atoms with Gasteiger partial charge in [-0.15, -0.1) is 0 Å². The van der Waals surface area contributed by atoms with Gasteiger partial charge >= 0.3 is 0 Å². The Balaban J connectivity index is 2.03. The molecule has 3 atom stereocenters. The first-order valence-corrected chi connectivity index (χ1v) is 3.96. The van der Waals surface area contributed by atoms with Crippen LogP contribution in [-0.2, 0) is 4.74 Å². The molecule has 9 heavy (non-hydrogen) atoms. The number of rotatable bonds is 0. The maximum absolute atomic E-state index is 5.55. The molecule has 0 amide bonds. The summed E-state index contributed by atoms with van der Waals surface area (Å²) in [7, 11) is 0. The van der Waals surface area contributed by atoms with Crippen molar-refractivity contribution < 1.29 is 4.74 Å². The number of hydrogen-bond donors (Lipinski definition) is 0. The quantitative estimate of drug-likeness (QED) is 0.481. The highest BCUT2D eigenvalue weighted by Crippen LogP contribution is 2.36. The molecular weight excluding hydrogens is 112 g/mol. The van der Waals surface area contributed by atoms with E-state index in [0.717, 1.165) is 18.4 Å². The first kappa shape index (κ1) is 5.72. The molecule has 2 fully saturated rings. The Morgan fingerprint density at radius 1 is 1.22 bits per heavy atom.